The van der Waals surface area contributed by atoms with Gasteiger partial charge in [-0.2, -0.15) is 0 Å². The second-order valence-electron chi connectivity index (χ2n) is 5.36. The van der Waals surface area contributed by atoms with Crippen LogP contribution in [0, 0.1) is 5.92 Å². The van der Waals surface area contributed by atoms with Gasteiger partial charge in [0, 0.05) is 6.54 Å². The SMILES string of the molecule is CCCC(C)(N)C(=O)NCCC1CCCC1.Cl. The molecule has 17 heavy (non-hydrogen) atoms. The Hall–Kier alpha value is -0.280. The van der Waals surface area contributed by atoms with Crippen molar-refractivity contribution >= 4 is 18.3 Å². The highest BCUT2D eigenvalue weighted by Gasteiger charge is 2.26. The highest BCUT2D eigenvalue weighted by atomic mass is 35.5. The third-order valence-electron chi connectivity index (χ3n) is 3.60. The Morgan fingerprint density at radius 2 is 2.00 bits per heavy atom. The van der Waals surface area contributed by atoms with E-state index < -0.39 is 5.54 Å². The first-order valence-corrected chi connectivity index (χ1v) is 6.63. The monoisotopic (exact) mass is 262 g/mol. The van der Waals surface area contributed by atoms with Gasteiger partial charge in [-0.1, -0.05) is 39.0 Å². The summed E-state index contributed by atoms with van der Waals surface area (Å²) in [5.41, 5.74) is 5.26. The Balaban J connectivity index is 0.00000256. The number of carbonyl (C=O) groups is 1. The van der Waals surface area contributed by atoms with E-state index in [0.29, 0.717) is 0 Å². The van der Waals surface area contributed by atoms with Crippen LogP contribution in [0.4, 0.5) is 0 Å². The molecule has 102 valence electrons. The molecule has 1 rings (SSSR count). The predicted octanol–water partition coefficient (Wildman–Crippen LogP) is 2.62. The Labute approximate surface area is 111 Å². The molecule has 1 aliphatic rings. The van der Waals surface area contributed by atoms with Crippen molar-refractivity contribution in [3.63, 3.8) is 0 Å². The summed E-state index contributed by atoms with van der Waals surface area (Å²) < 4.78 is 0. The number of nitrogens with two attached hydrogens (primary N) is 1. The second-order valence-corrected chi connectivity index (χ2v) is 5.36. The van der Waals surface area contributed by atoms with Gasteiger partial charge in [0.05, 0.1) is 5.54 Å². The summed E-state index contributed by atoms with van der Waals surface area (Å²) in [4.78, 5) is 11.8. The fourth-order valence-corrected chi connectivity index (χ4v) is 2.52. The quantitative estimate of drug-likeness (QED) is 0.773. The van der Waals surface area contributed by atoms with Crippen LogP contribution in [0.5, 0.6) is 0 Å². The number of carbonyl (C=O) groups excluding carboxylic acids is 1. The number of halogens is 1. The van der Waals surface area contributed by atoms with Gasteiger partial charge >= 0.3 is 0 Å². The molecule has 0 saturated heterocycles. The second kappa shape index (κ2) is 7.93. The van der Waals surface area contributed by atoms with Gasteiger partial charge < -0.3 is 11.1 Å². The molecule has 4 heteroatoms. The maximum absolute atomic E-state index is 11.8. The maximum atomic E-state index is 11.8. The average molecular weight is 263 g/mol. The highest BCUT2D eigenvalue weighted by Crippen LogP contribution is 2.26. The van der Waals surface area contributed by atoms with Crippen LogP contribution >= 0.6 is 12.4 Å². The van der Waals surface area contributed by atoms with Gasteiger partial charge in [-0.25, -0.2) is 0 Å². The molecule has 3 nitrogen and oxygen atoms in total. The molecule has 1 fully saturated rings. The van der Waals surface area contributed by atoms with Gasteiger partial charge in [-0.15, -0.1) is 12.4 Å². The molecule has 1 aliphatic carbocycles. The first-order valence-electron chi connectivity index (χ1n) is 6.63. The first-order chi connectivity index (χ1) is 7.56. The normalized spacial score (nSPS) is 19.5. The lowest BCUT2D eigenvalue weighted by molar-refractivity contribution is -0.126. The van der Waals surface area contributed by atoms with E-state index in [-0.39, 0.29) is 18.3 Å². The first kappa shape index (κ1) is 16.7. The lowest BCUT2D eigenvalue weighted by Crippen LogP contribution is -2.51. The van der Waals surface area contributed by atoms with Crippen molar-refractivity contribution in [2.75, 3.05) is 6.54 Å². The highest BCUT2D eigenvalue weighted by molar-refractivity contribution is 5.85. The third-order valence-corrected chi connectivity index (χ3v) is 3.60. The summed E-state index contributed by atoms with van der Waals surface area (Å²) in [7, 11) is 0. The van der Waals surface area contributed by atoms with Crippen LogP contribution < -0.4 is 11.1 Å². The molecule has 0 aromatic rings. The van der Waals surface area contributed by atoms with Crippen LogP contribution in [0.1, 0.15) is 58.8 Å². The van der Waals surface area contributed by atoms with E-state index in [4.69, 9.17) is 5.73 Å². The zero-order chi connectivity index (χ0) is 12.0. The van der Waals surface area contributed by atoms with E-state index in [1.54, 1.807) is 0 Å². The molecule has 1 atom stereocenters. The third kappa shape index (κ3) is 5.73. The summed E-state index contributed by atoms with van der Waals surface area (Å²) in [6.45, 7) is 4.67. The summed E-state index contributed by atoms with van der Waals surface area (Å²) >= 11 is 0. The van der Waals surface area contributed by atoms with Gasteiger partial charge in [0.2, 0.25) is 5.91 Å². The Morgan fingerprint density at radius 1 is 1.41 bits per heavy atom. The molecule has 0 aromatic carbocycles. The van der Waals surface area contributed by atoms with Crippen molar-refractivity contribution in [2.24, 2.45) is 11.7 Å². The van der Waals surface area contributed by atoms with Crippen molar-refractivity contribution in [3.05, 3.63) is 0 Å². The number of hydrogen-bond donors (Lipinski definition) is 2. The number of nitrogens with one attached hydrogen (secondary N) is 1. The molecule has 0 radical (unpaired) electrons. The predicted molar refractivity (Wildman–Crippen MR) is 74.3 cm³/mol. The van der Waals surface area contributed by atoms with E-state index in [0.717, 1.165) is 31.7 Å². The van der Waals surface area contributed by atoms with Crippen LogP contribution in [0.15, 0.2) is 0 Å². The van der Waals surface area contributed by atoms with Gasteiger partial charge in [-0.3, -0.25) is 4.79 Å². The largest absolute Gasteiger partial charge is 0.355 e. The average Bonchev–Trinajstić information content (AvgIpc) is 2.70. The van der Waals surface area contributed by atoms with Crippen molar-refractivity contribution in [1.82, 2.24) is 5.32 Å². The van der Waals surface area contributed by atoms with Crippen molar-refractivity contribution in [1.29, 1.82) is 0 Å². The minimum absolute atomic E-state index is 0. The van der Waals surface area contributed by atoms with Crippen molar-refractivity contribution in [2.45, 2.75) is 64.3 Å². The van der Waals surface area contributed by atoms with Gasteiger partial charge in [0.25, 0.3) is 0 Å². The fourth-order valence-electron chi connectivity index (χ4n) is 2.52. The molecule has 0 aliphatic heterocycles. The zero-order valence-corrected chi connectivity index (χ0v) is 11.9. The number of hydrogen-bond acceptors (Lipinski definition) is 2. The van der Waals surface area contributed by atoms with Crippen LogP contribution in [-0.4, -0.2) is 18.0 Å². The summed E-state index contributed by atoms with van der Waals surface area (Å²) in [5, 5.41) is 2.97. The molecule has 1 unspecified atom stereocenters. The van der Waals surface area contributed by atoms with E-state index in [1.807, 2.05) is 6.92 Å². The number of amides is 1. The zero-order valence-electron chi connectivity index (χ0n) is 11.1. The van der Waals surface area contributed by atoms with E-state index in [2.05, 4.69) is 12.2 Å². The lowest BCUT2D eigenvalue weighted by Gasteiger charge is -2.23. The van der Waals surface area contributed by atoms with Crippen LogP contribution in [0.25, 0.3) is 0 Å². The van der Waals surface area contributed by atoms with Gasteiger partial charge in [-0.05, 0) is 25.7 Å². The number of rotatable bonds is 6. The summed E-state index contributed by atoms with van der Waals surface area (Å²) in [5.74, 6) is 0.836. The van der Waals surface area contributed by atoms with Crippen molar-refractivity contribution in [3.8, 4) is 0 Å². The molecule has 0 spiro atoms. The topological polar surface area (TPSA) is 55.1 Å². The minimum atomic E-state index is -0.690. The van der Waals surface area contributed by atoms with E-state index in [1.165, 1.54) is 25.7 Å². The lowest BCUT2D eigenvalue weighted by atomic mass is 9.96. The molecule has 0 heterocycles. The van der Waals surface area contributed by atoms with Crippen molar-refractivity contribution < 1.29 is 4.79 Å². The Kier molecular flexibility index (Phi) is 7.80. The summed E-state index contributed by atoms with van der Waals surface area (Å²) in [6, 6.07) is 0. The molecule has 0 aromatic heterocycles. The minimum Gasteiger partial charge on any atom is -0.355 e. The Bertz CT molecular complexity index is 225. The molecule has 0 bridgehead atoms. The van der Waals surface area contributed by atoms with Crippen LogP contribution in [0.3, 0.4) is 0 Å². The smallest absolute Gasteiger partial charge is 0.239 e. The maximum Gasteiger partial charge on any atom is 0.239 e. The summed E-state index contributed by atoms with van der Waals surface area (Å²) in [6.07, 6.45) is 8.22. The van der Waals surface area contributed by atoms with Crippen LogP contribution in [-0.2, 0) is 4.79 Å². The van der Waals surface area contributed by atoms with Crippen LogP contribution in [0.2, 0.25) is 0 Å². The molecule has 1 amide bonds. The van der Waals surface area contributed by atoms with E-state index >= 15 is 0 Å². The Morgan fingerprint density at radius 3 is 2.53 bits per heavy atom. The molecule has 1 saturated carbocycles. The van der Waals surface area contributed by atoms with Gasteiger partial charge in [0.15, 0.2) is 0 Å². The molecular formula is C13H27ClN2O. The molecular weight excluding hydrogens is 236 g/mol. The van der Waals surface area contributed by atoms with E-state index in [9.17, 15) is 4.79 Å². The van der Waals surface area contributed by atoms with Gasteiger partial charge in [0.1, 0.15) is 0 Å². The molecule has 3 N–H and O–H groups in total. The standard InChI is InChI=1S/C13H26N2O.ClH/c1-3-9-13(2,14)12(16)15-10-8-11-6-4-5-7-11;/h11H,3-10,14H2,1-2H3,(H,15,16);1H. The fraction of sp³-hybridized carbons (Fsp3) is 0.923.